The van der Waals surface area contributed by atoms with Crippen LogP contribution in [-0.4, -0.2) is 0 Å². The molecule has 1 aliphatic rings. The molecule has 4 aromatic heterocycles. The fourth-order valence-corrected chi connectivity index (χ4v) is 13.8. The molecule has 1 atom stereocenters. The lowest BCUT2D eigenvalue weighted by Crippen LogP contribution is -1.95. The summed E-state index contributed by atoms with van der Waals surface area (Å²) < 4.78 is 27.2. The summed E-state index contributed by atoms with van der Waals surface area (Å²) in [4.78, 5) is 0. The molecule has 0 saturated heterocycles. The van der Waals surface area contributed by atoms with Gasteiger partial charge in [-0.3, -0.25) is 0 Å². The molecule has 4 heterocycles. The molecular weight excluding hydrogens is 965 g/mol. The number of furan rings is 4. The lowest BCUT2D eigenvalue weighted by molar-refractivity contribution is 0.504. The predicted octanol–water partition coefficient (Wildman–Crippen LogP) is 22.1. The maximum absolute atomic E-state index is 6.94. The summed E-state index contributed by atoms with van der Waals surface area (Å²) in [6, 6.07) is 79.6. The third kappa shape index (κ3) is 6.03. The van der Waals surface area contributed by atoms with Crippen LogP contribution in [0.1, 0.15) is 30.6 Å². The zero-order valence-electron chi connectivity index (χ0n) is 42.9. The van der Waals surface area contributed by atoms with Gasteiger partial charge in [0.1, 0.15) is 44.8 Å². The topological polar surface area (TPSA) is 52.6 Å². The van der Waals surface area contributed by atoms with Crippen LogP contribution in [0.5, 0.6) is 0 Å². The maximum Gasteiger partial charge on any atom is 0.143 e. The summed E-state index contributed by atoms with van der Waals surface area (Å²) in [6.45, 7) is 2.26. The van der Waals surface area contributed by atoms with Crippen LogP contribution in [0.2, 0.25) is 0 Å². The van der Waals surface area contributed by atoms with Gasteiger partial charge in [-0.1, -0.05) is 195 Å². The van der Waals surface area contributed by atoms with Crippen LogP contribution >= 0.6 is 0 Å². The molecule has 1 aliphatic carbocycles. The summed E-state index contributed by atoms with van der Waals surface area (Å²) in [5.74, 6) is 1.37. The molecule has 0 amide bonds. The molecule has 13 aromatic carbocycles. The van der Waals surface area contributed by atoms with Crippen molar-refractivity contribution in [3.8, 4) is 44.5 Å². The summed E-state index contributed by atoms with van der Waals surface area (Å²) in [6.07, 6.45) is 5.50. The average Bonchev–Trinajstić information content (AvgIpc) is 4.38. The first-order valence-corrected chi connectivity index (χ1v) is 27.3. The van der Waals surface area contributed by atoms with Gasteiger partial charge in [-0.2, -0.15) is 0 Å². The Morgan fingerprint density at radius 1 is 0.291 bits per heavy atom. The monoisotopic (exact) mass is 1010 g/mol. The van der Waals surface area contributed by atoms with Crippen LogP contribution in [0.3, 0.4) is 0 Å². The minimum atomic E-state index is 0.304. The van der Waals surface area contributed by atoms with E-state index in [0.717, 1.165) is 133 Å². The lowest BCUT2D eigenvalue weighted by atomic mass is 9.84. The number of hydrogen-bond donors (Lipinski definition) is 0. The van der Waals surface area contributed by atoms with E-state index in [0.29, 0.717) is 5.92 Å². The van der Waals surface area contributed by atoms with Crippen LogP contribution in [0, 0.1) is 0 Å². The molecule has 0 aliphatic heterocycles. The summed E-state index contributed by atoms with van der Waals surface area (Å²) in [5, 5.41) is 19.5. The first-order valence-electron chi connectivity index (χ1n) is 27.3. The van der Waals surface area contributed by atoms with E-state index >= 15 is 0 Å². The Morgan fingerprint density at radius 2 is 0.620 bits per heavy atom. The zero-order chi connectivity index (χ0) is 51.6. The van der Waals surface area contributed by atoms with E-state index in [2.05, 4.69) is 219 Å². The number of allylic oxidation sites excluding steroid dienone is 1. The highest BCUT2D eigenvalue weighted by Crippen LogP contribution is 2.50. The minimum absolute atomic E-state index is 0.304. The number of para-hydroxylation sites is 7. The van der Waals surface area contributed by atoms with E-state index in [1.165, 1.54) is 59.4 Å². The Kier molecular flexibility index (Phi) is 8.68. The van der Waals surface area contributed by atoms with Gasteiger partial charge in [0.05, 0.1) is 0 Å². The SMILES string of the molecule is CC1CC=Cc2c1oc1c(-c3ccc4c5ccc(-c6cccc7c6oc6ccccc67)cc5c5c6cc(-c7cccc8c7oc7ccccc78)ccc6c6ccc(-c7cccc8c7oc7ccccc78)cc6c5c4c3)cccc21. The van der Waals surface area contributed by atoms with E-state index in [9.17, 15) is 0 Å². The molecule has 18 rings (SSSR count). The highest BCUT2D eigenvalue weighted by molar-refractivity contribution is 6.40. The van der Waals surface area contributed by atoms with Crippen molar-refractivity contribution in [1.29, 1.82) is 0 Å². The number of hydrogen-bond acceptors (Lipinski definition) is 4. The molecule has 0 fully saturated rings. The van der Waals surface area contributed by atoms with Crippen LogP contribution in [0.4, 0.5) is 0 Å². The van der Waals surface area contributed by atoms with Gasteiger partial charge in [0.2, 0.25) is 0 Å². The molecule has 0 spiro atoms. The second-order valence-electron chi connectivity index (χ2n) is 21.7. The molecule has 4 nitrogen and oxygen atoms in total. The first kappa shape index (κ1) is 43.0. The maximum atomic E-state index is 6.94. The van der Waals surface area contributed by atoms with E-state index in [1.807, 2.05) is 18.2 Å². The first-order chi connectivity index (χ1) is 39.1. The highest BCUT2D eigenvalue weighted by Gasteiger charge is 2.25. The van der Waals surface area contributed by atoms with Crippen molar-refractivity contribution >= 4 is 137 Å². The Bertz CT molecular complexity index is 5430. The largest absolute Gasteiger partial charge is 0.459 e. The molecule has 1 unspecified atom stereocenters. The van der Waals surface area contributed by atoms with Crippen LogP contribution in [0.15, 0.2) is 242 Å². The van der Waals surface area contributed by atoms with Gasteiger partial charge < -0.3 is 17.7 Å². The third-order valence-electron chi connectivity index (χ3n) is 17.4. The lowest BCUT2D eigenvalue weighted by Gasteiger charge is -2.19. The highest BCUT2D eigenvalue weighted by atomic mass is 16.3. The van der Waals surface area contributed by atoms with Crippen LogP contribution < -0.4 is 0 Å². The molecule has 4 heteroatoms. The molecule has 17 aromatic rings. The fourth-order valence-electron chi connectivity index (χ4n) is 13.8. The number of rotatable bonds is 4. The van der Waals surface area contributed by atoms with Crippen molar-refractivity contribution in [3.63, 3.8) is 0 Å². The average molecular weight is 1010 g/mol. The van der Waals surface area contributed by atoms with Crippen LogP contribution in [0.25, 0.3) is 181 Å². The molecule has 0 bridgehead atoms. The van der Waals surface area contributed by atoms with E-state index in [1.54, 1.807) is 0 Å². The molecular formula is C75H44O4. The van der Waals surface area contributed by atoms with E-state index < -0.39 is 0 Å². The van der Waals surface area contributed by atoms with E-state index in [4.69, 9.17) is 17.7 Å². The summed E-state index contributed by atoms with van der Waals surface area (Å²) >= 11 is 0. The van der Waals surface area contributed by atoms with Crippen molar-refractivity contribution in [2.75, 3.05) is 0 Å². The predicted molar refractivity (Wildman–Crippen MR) is 329 cm³/mol. The third-order valence-corrected chi connectivity index (χ3v) is 17.4. The fraction of sp³-hybridized carbons (Fsp3) is 0.0400. The van der Waals surface area contributed by atoms with Crippen LogP contribution in [-0.2, 0) is 0 Å². The van der Waals surface area contributed by atoms with Gasteiger partial charge in [-0.05, 0) is 125 Å². The molecule has 0 N–H and O–H groups in total. The normalized spacial score (nSPS) is 13.9. The second-order valence-corrected chi connectivity index (χ2v) is 21.7. The Labute approximate surface area is 451 Å². The number of fused-ring (bicyclic) bond motifs is 23. The second kappa shape index (κ2) is 16.0. The summed E-state index contributed by atoms with van der Waals surface area (Å²) in [5.41, 5.74) is 16.1. The van der Waals surface area contributed by atoms with E-state index in [-0.39, 0.29) is 0 Å². The summed E-state index contributed by atoms with van der Waals surface area (Å²) in [7, 11) is 0. The molecule has 0 saturated carbocycles. The number of benzene rings is 13. The Morgan fingerprint density at radius 3 is 1.00 bits per heavy atom. The molecule has 79 heavy (non-hydrogen) atoms. The minimum Gasteiger partial charge on any atom is -0.459 e. The van der Waals surface area contributed by atoms with Crippen molar-refractivity contribution in [3.05, 3.63) is 236 Å². The Hall–Kier alpha value is -10.2. The van der Waals surface area contributed by atoms with Gasteiger partial charge in [0.25, 0.3) is 0 Å². The van der Waals surface area contributed by atoms with Crippen molar-refractivity contribution < 1.29 is 17.7 Å². The van der Waals surface area contributed by atoms with Gasteiger partial charge in [-0.25, -0.2) is 0 Å². The smallest absolute Gasteiger partial charge is 0.143 e. The van der Waals surface area contributed by atoms with Crippen molar-refractivity contribution in [2.45, 2.75) is 19.3 Å². The van der Waals surface area contributed by atoms with Gasteiger partial charge in [0.15, 0.2) is 0 Å². The van der Waals surface area contributed by atoms with Crippen molar-refractivity contribution in [1.82, 2.24) is 0 Å². The molecule has 368 valence electrons. The van der Waals surface area contributed by atoms with Gasteiger partial charge >= 0.3 is 0 Å². The quantitative estimate of drug-likeness (QED) is 0.165. The van der Waals surface area contributed by atoms with Gasteiger partial charge in [-0.15, -0.1) is 0 Å². The zero-order valence-corrected chi connectivity index (χ0v) is 42.9. The van der Waals surface area contributed by atoms with Gasteiger partial charge in [0, 0.05) is 71.4 Å². The standard InChI is InChI=1S/C75H44O4/c1-41-13-8-21-60-61-25-12-20-49(75(61)79-71(41)60)45-32-36-53-52-35-31-43(47-18-10-23-58-55-15-3-6-27-67(55)77-73(47)58)38-63(52)69-62-37-42(46-17-9-22-57-54-14-2-5-26-66(54)76-72(46)57)29-33-50(62)51-34-30-44(39-64(51)70(69)65(53)40-45)48-19-11-24-59-56-16-4-7-28-68(56)78-74(48)59/h2-12,14-41H,13H2,1H3. The molecule has 0 radical (unpaired) electrons. The van der Waals surface area contributed by atoms with Crippen molar-refractivity contribution in [2.24, 2.45) is 0 Å². The Balaban J connectivity index is 1.00.